The van der Waals surface area contributed by atoms with Crippen LogP contribution in [0.2, 0.25) is 0 Å². The number of morpholine rings is 1. The van der Waals surface area contributed by atoms with E-state index in [2.05, 4.69) is 15.2 Å². The maximum absolute atomic E-state index is 13.8. The number of carbonyl (C=O) groups is 2. The first-order valence-electron chi connectivity index (χ1n) is 14.0. The molecular formula is C30H38F2N6O4S. The Kier molecular flexibility index (Phi) is 9.96. The van der Waals surface area contributed by atoms with E-state index < -0.39 is 23.3 Å². The fourth-order valence-electron chi connectivity index (χ4n) is 5.14. The number of likely N-dealkylation sites (tertiary alicyclic amines) is 1. The molecule has 10 nitrogen and oxygen atoms in total. The first-order chi connectivity index (χ1) is 20.0. The predicted molar refractivity (Wildman–Crippen MR) is 165 cm³/mol. The minimum absolute atomic E-state index is 0. The number of halogens is 2. The van der Waals surface area contributed by atoms with E-state index in [9.17, 15) is 18.4 Å². The van der Waals surface area contributed by atoms with E-state index in [1.807, 2.05) is 20.8 Å². The van der Waals surface area contributed by atoms with E-state index in [4.69, 9.17) is 14.5 Å². The van der Waals surface area contributed by atoms with Crippen LogP contribution in [-0.4, -0.2) is 89.9 Å². The van der Waals surface area contributed by atoms with Gasteiger partial charge in [-0.15, -0.1) is 0 Å². The number of amides is 2. The average molecular weight is 617 g/mol. The van der Waals surface area contributed by atoms with Gasteiger partial charge in [0.15, 0.2) is 0 Å². The summed E-state index contributed by atoms with van der Waals surface area (Å²) in [5, 5.41) is 3.22. The van der Waals surface area contributed by atoms with Crippen molar-refractivity contribution in [3.8, 4) is 0 Å². The van der Waals surface area contributed by atoms with Gasteiger partial charge in [0, 0.05) is 51.4 Å². The Hall–Kier alpha value is -3.71. The fourth-order valence-corrected chi connectivity index (χ4v) is 5.14. The smallest absolute Gasteiger partial charge is 0.410 e. The first kappa shape index (κ1) is 32.2. The zero-order chi connectivity index (χ0) is 30.0. The zero-order valence-electron chi connectivity index (χ0n) is 24.8. The molecule has 3 heterocycles. The minimum atomic E-state index is -0.673. The summed E-state index contributed by atoms with van der Waals surface area (Å²) in [6.07, 6.45) is 1.89. The third kappa shape index (κ3) is 7.82. The molecule has 2 amide bonds. The van der Waals surface area contributed by atoms with Crippen molar-refractivity contribution in [1.82, 2.24) is 19.8 Å². The lowest BCUT2D eigenvalue weighted by molar-refractivity contribution is 0.0279. The van der Waals surface area contributed by atoms with Crippen LogP contribution < -0.4 is 10.2 Å². The van der Waals surface area contributed by atoms with Gasteiger partial charge in [-0.05, 0) is 57.0 Å². The lowest BCUT2D eigenvalue weighted by atomic mass is 10.1. The van der Waals surface area contributed by atoms with Gasteiger partial charge in [0.1, 0.15) is 28.6 Å². The summed E-state index contributed by atoms with van der Waals surface area (Å²) in [4.78, 5) is 41.0. The number of fused-ring (bicyclic) bond motifs is 1. The molecule has 0 unspecified atom stereocenters. The number of hydrogen-bond donors (Lipinski definition) is 1. The van der Waals surface area contributed by atoms with Crippen LogP contribution in [0.15, 0.2) is 36.5 Å². The minimum Gasteiger partial charge on any atom is -0.444 e. The number of benzene rings is 2. The summed E-state index contributed by atoms with van der Waals surface area (Å²) in [6.45, 7) is 8.93. The SMILES string of the molecule is CN(C(=O)c1cc(NCc2cc(F)cc(F)c2)c2nc(N3CCOCC3)cnc2c1)[C@H]1CCN(C(=O)OC(C)(C)C)C1.S. The highest BCUT2D eigenvalue weighted by molar-refractivity contribution is 7.59. The number of hydrogen-bond acceptors (Lipinski definition) is 8. The quantitative estimate of drug-likeness (QED) is 0.431. The van der Waals surface area contributed by atoms with Crippen molar-refractivity contribution in [1.29, 1.82) is 0 Å². The Morgan fingerprint density at radius 1 is 1.09 bits per heavy atom. The lowest BCUT2D eigenvalue weighted by Crippen LogP contribution is -2.41. The van der Waals surface area contributed by atoms with E-state index in [0.29, 0.717) is 79.5 Å². The van der Waals surface area contributed by atoms with Crippen LogP contribution in [0, 0.1) is 11.6 Å². The fraction of sp³-hybridized carbons (Fsp3) is 0.467. The monoisotopic (exact) mass is 616 g/mol. The molecule has 5 rings (SSSR count). The standard InChI is InChI=1S/C30H36F2N6O4.H2S/c1-30(2,3)42-29(40)38-6-5-23(18-38)36(4)28(39)20-13-24(33-16-19-11-21(31)15-22(32)12-19)27-25(14-20)34-17-26(35-27)37-7-9-41-10-8-37;/h11-15,17,23,33H,5-10,16,18H2,1-4H3;1H2/t23-;/m0./s1. The number of anilines is 2. The number of likely N-dealkylation sites (N-methyl/N-ethyl adjacent to an activating group) is 1. The molecule has 2 fully saturated rings. The third-order valence-corrected chi connectivity index (χ3v) is 7.31. The summed E-state index contributed by atoms with van der Waals surface area (Å²) in [7, 11) is 1.71. The van der Waals surface area contributed by atoms with Crippen molar-refractivity contribution in [2.24, 2.45) is 0 Å². The molecule has 43 heavy (non-hydrogen) atoms. The molecule has 3 aromatic rings. The molecular weight excluding hydrogens is 578 g/mol. The Labute approximate surface area is 256 Å². The van der Waals surface area contributed by atoms with Gasteiger partial charge < -0.3 is 29.5 Å². The largest absolute Gasteiger partial charge is 0.444 e. The van der Waals surface area contributed by atoms with Crippen LogP contribution in [0.3, 0.4) is 0 Å². The zero-order valence-corrected chi connectivity index (χ0v) is 25.8. The molecule has 1 atom stereocenters. The van der Waals surface area contributed by atoms with E-state index in [1.54, 1.807) is 35.2 Å². The Morgan fingerprint density at radius 3 is 2.47 bits per heavy atom. The Morgan fingerprint density at radius 2 is 1.79 bits per heavy atom. The molecule has 0 bridgehead atoms. The lowest BCUT2D eigenvalue weighted by Gasteiger charge is -2.28. The number of nitrogens with one attached hydrogen (secondary N) is 1. The maximum Gasteiger partial charge on any atom is 0.410 e. The Bertz CT molecular complexity index is 1460. The number of carbonyl (C=O) groups excluding carboxylic acids is 2. The normalized spacial score (nSPS) is 17.0. The summed E-state index contributed by atoms with van der Waals surface area (Å²) < 4.78 is 38.6. The molecule has 2 aliphatic heterocycles. The average Bonchev–Trinajstić information content (AvgIpc) is 3.45. The van der Waals surface area contributed by atoms with Gasteiger partial charge in [-0.25, -0.2) is 18.6 Å². The number of nitrogens with zero attached hydrogens (tertiary/aromatic N) is 5. The molecule has 0 saturated carbocycles. The van der Waals surface area contributed by atoms with Crippen LogP contribution in [0.1, 0.15) is 43.1 Å². The second kappa shape index (κ2) is 13.3. The van der Waals surface area contributed by atoms with Crippen LogP contribution in [-0.2, 0) is 16.0 Å². The summed E-state index contributed by atoms with van der Waals surface area (Å²) >= 11 is 0. The summed E-state index contributed by atoms with van der Waals surface area (Å²) in [6, 6.07) is 6.51. The molecule has 0 radical (unpaired) electrons. The van der Waals surface area contributed by atoms with Gasteiger partial charge in [-0.2, -0.15) is 13.5 Å². The summed E-state index contributed by atoms with van der Waals surface area (Å²) in [5.41, 5.74) is 1.72. The van der Waals surface area contributed by atoms with Gasteiger partial charge in [-0.1, -0.05) is 0 Å². The Balaban J connectivity index is 0.00000423. The van der Waals surface area contributed by atoms with Crippen LogP contribution in [0.4, 0.5) is 25.1 Å². The summed E-state index contributed by atoms with van der Waals surface area (Å²) in [5.74, 6) is -0.913. The van der Waals surface area contributed by atoms with Crippen molar-refractivity contribution in [3.63, 3.8) is 0 Å². The molecule has 2 saturated heterocycles. The van der Waals surface area contributed by atoms with Crippen molar-refractivity contribution in [3.05, 3.63) is 59.3 Å². The van der Waals surface area contributed by atoms with Gasteiger partial charge in [0.05, 0.1) is 36.7 Å². The predicted octanol–water partition coefficient (Wildman–Crippen LogP) is 4.55. The maximum atomic E-state index is 13.8. The number of rotatable bonds is 6. The van der Waals surface area contributed by atoms with Crippen LogP contribution in [0.25, 0.3) is 11.0 Å². The van der Waals surface area contributed by atoms with Crippen molar-refractivity contribution in [2.45, 2.75) is 45.4 Å². The van der Waals surface area contributed by atoms with Crippen LogP contribution in [0.5, 0.6) is 0 Å². The molecule has 232 valence electrons. The number of aromatic nitrogens is 2. The topological polar surface area (TPSA) is 100 Å². The van der Waals surface area contributed by atoms with Gasteiger partial charge in [0.2, 0.25) is 0 Å². The third-order valence-electron chi connectivity index (χ3n) is 7.31. The number of ether oxygens (including phenoxy) is 2. The van der Waals surface area contributed by atoms with Gasteiger partial charge in [-0.3, -0.25) is 9.78 Å². The highest BCUT2D eigenvalue weighted by Gasteiger charge is 2.34. The van der Waals surface area contributed by atoms with E-state index in [-0.39, 0.29) is 32.0 Å². The van der Waals surface area contributed by atoms with E-state index >= 15 is 0 Å². The van der Waals surface area contributed by atoms with E-state index in [0.717, 1.165) is 6.07 Å². The molecule has 1 N–H and O–H groups in total. The molecule has 0 aliphatic carbocycles. The van der Waals surface area contributed by atoms with Crippen molar-refractivity contribution in [2.75, 3.05) is 56.7 Å². The van der Waals surface area contributed by atoms with E-state index in [1.165, 1.54) is 12.1 Å². The first-order valence-corrected chi connectivity index (χ1v) is 14.0. The second-order valence-electron chi connectivity index (χ2n) is 11.6. The molecule has 2 aliphatic rings. The van der Waals surface area contributed by atoms with Crippen molar-refractivity contribution >= 4 is 48.0 Å². The molecule has 0 spiro atoms. The van der Waals surface area contributed by atoms with Gasteiger partial charge in [0.25, 0.3) is 5.91 Å². The second-order valence-corrected chi connectivity index (χ2v) is 11.6. The van der Waals surface area contributed by atoms with Gasteiger partial charge >= 0.3 is 6.09 Å². The molecule has 2 aromatic carbocycles. The highest BCUT2D eigenvalue weighted by atomic mass is 32.1. The highest BCUT2D eigenvalue weighted by Crippen LogP contribution is 2.28. The van der Waals surface area contributed by atoms with Crippen molar-refractivity contribution < 1.29 is 27.8 Å². The molecule has 13 heteroatoms. The molecule has 1 aromatic heterocycles. The van der Waals surface area contributed by atoms with Crippen LogP contribution >= 0.6 is 13.5 Å².